The number of anilines is 1. The smallest absolute Gasteiger partial charge is 0.180 e. The molecule has 3 aromatic rings. The summed E-state index contributed by atoms with van der Waals surface area (Å²) in [7, 11) is 0. The Bertz CT molecular complexity index is 722. The number of hydrogen-bond acceptors (Lipinski definition) is 6. The van der Waals surface area contributed by atoms with Crippen molar-refractivity contribution in [1.29, 1.82) is 0 Å². The van der Waals surface area contributed by atoms with Crippen LogP contribution in [0.25, 0.3) is 11.2 Å². The predicted molar refractivity (Wildman–Crippen MR) is 76.2 cm³/mol. The molecule has 0 aliphatic rings. The van der Waals surface area contributed by atoms with Gasteiger partial charge in [0.05, 0.1) is 17.2 Å². The number of aromatic nitrogens is 4. The van der Waals surface area contributed by atoms with Crippen LogP contribution in [0.5, 0.6) is 0 Å². The van der Waals surface area contributed by atoms with E-state index in [1.165, 1.54) is 4.88 Å². The molecule has 0 radical (unpaired) electrons. The average Bonchev–Trinajstić information content (AvgIpc) is 2.74. The lowest BCUT2D eigenvalue weighted by atomic mass is 10.3. The van der Waals surface area contributed by atoms with E-state index in [1.807, 2.05) is 19.1 Å². The van der Waals surface area contributed by atoms with Crippen LogP contribution in [0.1, 0.15) is 15.6 Å². The van der Waals surface area contributed by atoms with Gasteiger partial charge >= 0.3 is 0 Å². The minimum Gasteiger partial charge on any atom is -0.364 e. The molecule has 0 fully saturated rings. The predicted octanol–water partition coefficient (Wildman–Crippen LogP) is 2.71. The number of rotatable bonds is 3. The van der Waals surface area contributed by atoms with Gasteiger partial charge in [0.25, 0.3) is 0 Å². The quantitative estimate of drug-likeness (QED) is 0.793. The molecule has 5 nitrogen and oxygen atoms in total. The van der Waals surface area contributed by atoms with Crippen molar-refractivity contribution in [2.75, 3.05) is 5.32 Å². The second-order valence-corrected chi connectivity index (χ2v) is 5.59. The highest BCUT2D eigenvalue weighted by Gasteiger charge is 2.05. The molecule has 3 aromatic heterocycles. The van der Waals surface area contributed by atoms with Crippen molar-refractivity contribution >= 4 is 28.3 Å². The van der Waals surface area contributed by atoms with Crippen molar-refractivity contribution in [3.8, 4) is 0 Å². The van der Waals surface area contributed by atoms with Gasteiger partial charge < -0.3 is 5.32 Å². The average molecular weight is 271 g/mol. The van der Waals surface area contributed by atoms with Gasteiger partial charge in [-0.3, -0.25) is 4.98 Å². The topological polar surface area (TPSA) is 63.6 Å². The molecule has 0 atom stereocenters. The van der Waals surface area contributed by atoms with Gasteiger partial charge in [-0.25, -0.2) is 15.0 Å². The summed E-state index contributed by atoms with van der Waals surface area (Å²) in [6.45, 7) is 4.78. The van der Waals surface area contributed by atoms with Crippen molar-refractivity contribution in [3.63, 3.8) is 0 Å². The van der Waals surface area contributed by atoms with Gasteiger partial charge in [0, 0.05) is 17.3 Å². The fourth-order valence-corrected chi connectivity index (χ4v) is 2.70. The Labute approximate surface area is 114 Å². The molecule has 96 valence electrons. The molecule has 0 amide bonds. The maximum absolute atomic E-state index is 4.49. The lowest BCUT2D eigenvalue weighted by molar-refractivity contribution is 1.02. The standard InChI is InChI=1S/C13H13N5S/c1-8-11(17-9(2)19-8)7-16-12-4-3-10-13(18-12)15-6-5-14-10/h3-6H,7H2,1-2H3,(H,15,16,18). The Morgan fingerprint density at radius 1 is 1.11 bits per heavy atom. The number of hydrogen-bond donors (Lipinski definition) is 1. The van der Waals surface area contributed by atoms with Crippen molar-refractivity contribution in [2.24, 2.45) is 0 Å². The number of thiazole rings is 1. The van der Waals surface area contributed by atoms with Crippen LogP contribution in [0, 0.1) is 13.8 Å². The van der Waals surface area contributed by atoms with Crippen LogP contribution < -0.4 is 5.32 Å². The van der Waals surface area contributed by atoms with E-state index in [2.05, 4.69) is 32.2 Å². The number of pyridine rings is 1. The molecule has 3 rings (SSSR count). The number of nitrogens with one attached hydrogen (secondary N) is 1. The molecule has 0 unspecified atom stereocenters. The van der Waals surface area contributed by atoms with Crippen molar-refractivity contribution in [3.05, 3.63) is 40.1 Å². The van der Waals surface area contributed by atoms with Gasteiger partial charge in [-0.1, -0.05) is 0 Å². The molecule has 0 saturated heterocycles. The first-order chi connectivity index (χ1) is 9.22. The summed E-state index contributed by atoms with van der Waals surface area (Å²) < 4.78 is 0. The minimum absolute atomic E-state index is 0.652. The molecule has 6 heteroatoms. The third kappa shape index (κ3) is 2.53. The molecule has 3 heterocycles. The van der Waals surface area contributed by atoms with Crippen LogP contribution in [0.2, 0.25) is 0 Å². The SMILES string of the molecule is Cc1nc(CNc2ccc3nccnc3n2)c(C)s1. The molecule has 0 aromatic carbocycles. The fraction of sp³-hybridized carbons (Fsp3) is 0.231. The van der Waals surface area contributed by atoms with E-state index < -0.39 is 0 Å². The summed E-state index contributed by atoms with van der Waals surface area (Å²) in [5, 5.41) is 4.36. The van der Waals surface area contributed by atoms with Gasteiger partial charge in [0.15, 0.2) is 5.65 Å². The summed E-state index contributed by atoms with van der Waals surface area (Å²) >= 11 is 1.71. The Hall–Kier alpha value is -2.08. The highest BCUT2D eigenvalue weighted by atomic mass is 32.1. The van der Waals surface area contributed by atoms with Gasteiger partial charge in [0.2, 0.25) is 0 Å². The maximum Gasteiger partial charge on any atom is 0.180 e. The second-order valence-electron chi connectivity index (χ2n) is 4.18. The zero-order valence-electron chi connectivity index (χ0n) is 10.7. The zero-order valence-corrected chi connectivity index (χ0v) is 11.5. The third-order valence-corrected chi connectivity index (χ3v) is 3.70. The number of aryl methyl sites for hydroxylation is 2. The summed E-state index contributed by atoms with van der Waals surface area (Å²) in [4.78, 5) is 18.5. The third-order valence-electron chi connectivity index (χ3n) is 2.77. The van der Waals surface area contributed by atoms with Crippen LogP contribution in [0.3, 0.4) is 0 Å². The highest BCUT2D eigenvalue weighted by Crippen LogP contribution is 2.18. The van der Waals surface area contributed by atoms with E-state index >= 15 is 0 Å². The summed E-state index contributed by atoms with van der Waals surface area (Å²) in [6, 6.07) is 3.82. The molecule has 0 saturated carbocycles. The van der Waals surface area contributed by atoms with Crippen LogP contribution in [0.15, 0.2) is 24.5 Å². The molecular weight excluding hydrogens is 258 g/mol. The molecule has 0 spiro atoms. The Morgan fingerprint density at radius 3 is 2.74 bits per heavy atom. The lowest BCUT2D eigenvalue weighted by Crippen LogP contribution is -2.03. The monoisotopic (exact) mass is 271 g/mol. The van der Waals surface area contributed by atoms with Gasteiger partial charge in [-0.15, -0.1) is 11.3 Å². The number of nitrogens with zero attached hydrogens (tertiary/aromatic N) is 4. The lowest BCUT2D eigenvalue weighted by Gasteiger charge is -2.04. The van der Waals surface area contributed by atoms with Crippen molar-refractivity contribution < 1.29 is 0 Å². The maximum atomic E-state index is 4.49. The van der Waals surface area contributed by atoms with E-state index in [4.69, 9.17) is 0 Å². The van der Waals surface area contributed by atoms with Crippen LogP contribution in [-0.2, 0) is 6.54 Å². The molecular formula is C13H13N5S. The molecule has 0 bridgehead atoms. The van der Waals surface area contributed by atoms with Gasteiger partial charge in [-0.05, 0) is 26.0 Å². The van der Waals surface area contributed by atoms with E-state index in [0.29, 0.717) is 12.2 Å². The van der Waals surface area contributed by atoms with Gasteiger partial charge in [0.1, 0.15) is 11.3 Å². The summed E-state index contributed by atoms with van der Waals surface area (Å²) in [5.41, 5.74) is 2.52. The zero-order chi connectivity index (χ0) is 13.2. The van der Waals surface area contributed by atoms with Crippen LogP contribution in [0.4, 0.5) is 5.82 Å². The Kier molecular flexibility index (Phi) is 3.08. The van der Waals surface area contributed by atoms with Crippen molar-refractivity contribution in [2.45, 2.75) is 20.4 Å². The van der Waals surface area contributed by atoms with Gasteiger partial charge in [-0.2, -0.15) is 0 Å². The van der Waals surface area contributed by atoms with Crippen LogP contribution >= 0.6 is 11.3 Å². The molecule has 1 N–H and O–H groups in total. The second kappa shape index (κ2) is 4.89. The Balaban J connectivity index is 1.80. The molecule has 0 aliphatic heterocycles. The van der Waals surface area contributed by atoms with E-state index in [-0.39, 0.29) is 0 Å². The Morgan fingerprint density at radius 2 is 1.95 bits per heavy atom. The highest BCUT2D eigenvalue weighted by molar-refractivity contribution is 7.11. The first kappa shape index (κ1) is 12.0. The first-order valence-corrected chi connectivity index (χ1v) is 6.78. The summed E-state index contributed by atoms with van der Waals surface area (Å²) in [6.07, 6.45) is 3.31. The largest absolute Gasteiger partial charge is 0.364 e. The van der Waals surface area contributed by atoms with Crippen LogP contribution in [-0.4, -0.2) is 19.9 Å². The van der Waals surface area contributed by atoms with Crippen molar-refractivity contribution in [1.82, 2.24) is 19.9 Å². The van der Waals surface area contributed by atoms with E-state index in [1.54, 1.807) is 23.7 Å². The first-order valence-electron chi connectivity index (χ1n) is 5.97. The fourth-order valence-electron chi connectivity index (χ4n) is 1.86. The number of fused-ring (bicyclic) bond motifs is 1. The minimum atomic E-state index is 0.652. The van der Waals surface area contributed by atoms with E-state index in [0.717, 1.165) is 22.0 Å². The molecule has 0 aliphatic carbocycles. The normalized spacial score (nSPS) is 10.8. The van der Waals surface area contributed by atoms with E-state index in [9.17, 15) is 0 Å². The summed E-state index contributed by atoms with van der Waals surface area (Å²) in [5.74, 6) is 0.790. The molecule has 19 heavy (non-hydrogen) atoms.